The Balaban J connectivity index is 1.72. The number of benzene rings is 1. The molecule has 0 saturated carbocycles. The average Bonchev–Trinajstić information content (AvgIpc) is 3.06. The summed E-state index contributed by atoms with van der Waals surface area (Å²) in [5.41, 5.74) is 0.727. The van der Waals surface area contributed by atoms with E-state index in [4.69, 9.17) is 16.3 Å². The Morgan fingerprint density at radius 3 is 2.92 bits per heavy atom. The third kappa shape index (κ3) is 3.61. The summed E-state index contributed by atoms with van der Waals surface area (Å²) >= 11 is 5.78. The molecule has 2 aromatic heterocycles. The maximum absolute atomic E-state index is 13.7. The molecule has 3 aromatic rings. The molecule has 1 atom stereocenters. The Morgan fingerprint density at radius 2 is 2.12 bits per heavy atom. The number of ether oxygens (including phenoxy) is 1. The van der Waals surface area contributed by atoms with Crippen molar-refractivity contribution >= 4 is 40.2 Å². The number of pyridine rings is 1. The van der Waals surface area contributed by atoms with Gasteiger partial charge in [0.05, 0.1) is 11.3 Å². The molecule has 3 rings (SSSR count). The molecule has 1 amide bonds. The van der Waals surface area contributed by atoms with Crippen molar-refractivity contribution in [3.8, 4) is 0 Å². The second-order valence-corrected chi connectivity index (χ2v) is 5.70. The number of hydrogen-bond donors (Lipinski definition) is 2. The molecule has 0 fully saturated rings. The normalized spacial score (nSPS) is 12.0. The van der Waals surface area contributed by atoms with Crippen LogP contribution in [0.1, 0.15) is 17.3 Å². The van der Waals surface area contributed by atoms with Gasteiger partial charge in [0.15, 0.2) is 6.10 Å². The van der Waals surface area contributed by atoms with Gasteiger partial charge in [-0.2, -0.15) is 0 Å². The van der Waals surface area contributed by atoms with Gasteiger partial charge in [-0.15, -0.1) is 0 Å². The Kier molecular flexibility index (Phi) is 4.67. The maximum atomic E-state index is 13.7. The van der Waals surface area contributed by atoms with E-state index in [1.807, 2.05) is 0 Å². The number of nitrogens with zero attached hydrogens (tertiary/aromatic N) is 1. The number of fused-ring (bicyclic) bond motifs is 1. The lowest BCUT2D eigenvalue weighted by atomic mass is 10.2. The predicted octanol–water partition coefficient (Wildman–Crippen LogP) is 3.54. The first-order valence-corrected chi connectivity index (χ1v) is 7.72. The number of nitrogens with one attached hydrogen (secondary N) is 2. The third-order valence-corrected chi connectivity index (χ3v) is 3.75. The van der Waals surface area contributed by atoms with Gasteiger partial charge < -0.3 is 15.0 Å². The fraction of sp³-hybridized carbons (Fsp3) is 0.118. The standard InChI is InChI=1S/C17H13ClFN3O3/c1-9(16(23)22-14-8-10(18)2-3-13(14)19)25-17(24)12-5-7-21-15-11(12)4-6-20-15/h2-9H,1H3,(H,20,21)(H,22,23). The smallest absolute Gasteiger partial charge is 0.339 e. The van der Waals surface area contributed by atoms with Crippen LogP contribution >= 0.6 is 11.6 Å². The van der Waals surface area contributed by atoms with Crippen LogP contribution in [-0.4, -0.2) is 27.9 Å². The SMILES string of the molecule is CC(OC(=O)c1ccnc2[nH]ccc12)C(=O)Nc1cc(Cl)ccc1F. The second-order valence-electron chi connectivity index (χ2n) is 5.26. The van der Waals surface area contributed by atoms with Gasteiger partial charge in [-0.25, -0.2) is 14.2 Å². The van der Waals surface area contributed by atoms with Crippen LogP contribution in [0.4, 0.5) is 10.1 Å². The van der Waals surface area contributed by atoms with Gasteiger partial charge in [-0.05, 0) is 37.3 Å². The average molecular weight is 362 g/mol. The summed E-state index contributed by atoms with van der Waals surface area (Å²) in [6, 6.07) is 6.95. The Labute approximate surface area is 147 Å². The van der Waals surface area contributed by atoms with Crippen molar-refractivity contribution in [1.82, 2.24) is 9.97 Å². The zero-order valence-corrected chi connectivity index (χ0v) is 13.8. The summed E-state index contributed by atoms with van der Waals surface area (Å²) < 4.78 is 18.8. The van der Waals surface area contributed by atoms with Crippen molar-refractivity contribution in [3.05, 3.63) is 59.1 Å². The van der Waals surface area contributed by atoms with Crippen LogP contribution in [0.2, 0.25) is 5.02 Å². The van der Waals surface area contributed by atoms with Crippen molar-refractivity contribution in [1.29, 1.82) is 0 Å². The summed E-state index contributed by atoms with van der Waals surface area (Å²) in [5.74, 6) is -1.99. The van der Waals surface area contributed by atoms with E-state index < -0.39 is 23.8 Å². The fourth-order valence-electron chi connectivity index (χ4n) is 2.24. The van der Waals surface area contributed by atoms with Gasteiger partial charge in [-0.3, -0.25) is 4.79 Å². The third-order valence-electron chi connectivity index (χ3n) is 3.52. The maximum Gasteiger partial charge on any atom is 0.339 e. The molecule has 6 nitrogen and oxygen atoms in total. The van der Waals surface area contributed by atoms with Crippen LogP contribution in [0.3, 0.4) is 0 Å². The number of carbonyl (C=O) groups excluding carboxylic acids is 2. The van der Waals surface area contributed by atoms with Gasteiger partial charge >= 0.3 is 5.97 Å². The molecule has 8 heteroatoms. The monoisotopic (exact) mass is 361 g/mol. The zero-order valence-electron chi connectivity index (χ0n) is 13.0. The van der Waals surface area contributed by atoms with Crippen LogP contribution in [0.25, 0.3) is 11.0 Å². The number of H-pyrrole nitrogens is 1. The van der Waals surface area contributed by atoms with Gasteiger partial charge in [-0.1, -0.05) is 11.6 Å². The Bertz CT molecular complexity index is 957. The molecule has 0 spiro atoms. The summed E-state index contributed by atoms with van der Waals surface area (Å²) in [6.45, 7) is 1.39. The van der Waals surface area contributed by atoms with Gasteiger partial charge in [0.1, 0.15) is 11.5 Å². The highest BCUT2D eigenvalue weighted by atomic mass is 35.5. The van der Waals surface area contributed by atoms with E-state index in [-0.39, 0.29) is 16.3 Å². The van der Waals surface area contributed by atoms with Gasteiger partial charge in [0.25, 0.3) is 5.91 Å². The summed E-state index contributed by atoms with van der Waals surface area (Å²) in [5, 5.41) is 3.20. The summed E-state index contributed by atoms with van der Waals surface area (Å²) in [7, 11) is 0. The van der Waals surface area contributed by atoms with Gasteiger partial charge in [0.2, 0.25) is 0 Å². The first-order chi connectivity index (χ1) is 12.0. The number of halogens is 2. The molecule has 1 aromatic carbocycles. The molecule has 0 aliphatic carbocycles. The number of esters is 1. The molecule has 2 heterocycles. The fourth-order valence-corrected chi connectivity index (χ4v) is 2.42. The molecular formula is C17H13ClFN3O3. The highest BCUT2D eigenvalue weighted by Crippen LogP contribution is 2.20. The summed E-state index contributed by atoms with van der Waals surface area (Å²) in [4.78, 5) is 31.4. The van der Waals surface area contributed by atoms with Crippen LogP contribution in [0, 0.1) is 5.82 Å². The number of aromatic nitrogens is 2. The summed E-state index contributed by atoms with van der Waals surface area (Å²) in [6.07, 6.45) is 1.97. The second kappa shape index (κ2) is 6.90. The van der Waals surface area contributed by atoms with Gasteiger partial charge in [0, 0.05) is 22.8 Å². The molecule has 128 valence electrons. The van der Waals surface area contributed by atoms with Crippen molar-refractivity contribution in [2.24, 2.45) is 0 Å². The Hall–Kier alpha value is -2.93. The van der Waals surface area contributed by atoms with E-state index in [1.165, 1.54) is 31.3 Å². The number of anilines is 1. The lowest BCUT2D eigenvalue weighted by Gasteiger charge is -2.14. The number of rotatable bonds is 4. The van der Waals surface area contributed by atoms with E-state index >= 15 is 0 Å². The van der Waals surface area contributed by atoms with Crippen molar-refractivity contribution in [3.63, 3.8) is 0 Å². The first-order valence-electron chi connectivity index (χ1n) is 7.34. The largest absolute Gasteiger partial charge is 0.449 e. The molecule has 1 unspecified atom stereocenters. The molecular weight excluding hydrogens is 349 g/mol. The molecule has 25 heavy (non-hydrogen) atoms. The number of hydrogen-bond acceptors (Lipinski definition) is 4. The van der Waals surface area contributed by atoms with E-state index in [0.29, 0.717) is 11.0 Å². The molecule has 0 radical (unpaired) electrons. The minimum absolute atomic E-state index is 0.0858. The molecule has 0 bridgehead atoms. The van der Waals surface area contributed by atoms with Crippen LogP contribution in [0.5, 0.6) is 0 Å². The minimum atomic E-state index is -1.13. The van der Waals surface area contributed by atoms with Crippen molar-refractivity contribution in [2.45, 2.75) is 13.0 Å². The van der Waals surface area contributed by atoms with E-state index in [0.717, 1.165) is 6.07 Å². The zero-order chi connectivity index (χ0) is 18.0. The van der Waals surface area contributed by atoms with Crippen LogP contribution in [-0.2, 0) is 9.53 Å². The van der Waals surface area contributed by atoms with E-state index in [2.05, 4.69) is 15.3 Å². The highest BCUT2D eigenvalue weighted by Gasteiger charge is 2.21. The quantitative estimate of drug-likeness (QED) is 0.696. The molecule has 2 N–H and O–H groups in total. The topological polar surface area (TPSA) is 84.1 Å². The Morgan fingerprint density at radius 1 is 1.32 bits per heavy atom. The predicted molar refractivity (Wildman–Crippen MR) is 91.0 cm³/mol. The van der Waals surface area contributed by atoms with Crippen molar-refractivity contribution < 1.29 is 18.7 Å². The first kappa shape index (κ1) is 16.9. The van der Waals surface area contributed by atoms with E-state index in [9.17, 15) is 14.0 Å². The minimum Gasteiger partial charge on any atom is -0.449 e. The van der Waals surface area contributed by atoms with Crippen LogP contribution < -0.4 is 5.32 Å². The number of amides is 1. The van der Waals surface area contributed by atoms with Crippen LogP contribution in [0.15, 0.2) is 42.7 Å². The molecule has 0 aliphatic rings. The lowest BCUT2D eigenvalue weighted by Crippen LogP contribution is -2.30. The number of aromatic amines is 1. The molecule has 0 saturated heterocycles. The van der Waals surface area contributed by atoms with E-state index in [1.54, 1.807) is 12.3 Å². The number of carbonyl (C=O) groups is 2. The van der Waals surface area contributed by atoms with Crippen molar-refractivity contribution in [2.75, 3.05) is 5.32 Å². The lowest BCUT2D eigenvalue weighted by molar-refractivity contribution is -0.123. The molecule has 0 aliphatic heterocycles. The highest BCUT2D eigenvalue weighted by molar-refractivity contribution is 6.30.